The lowest BCUT2D eigenvalue weighted by Gasteiger charge is -2.21. The highest BCUT2D eigenvalue weighted by atomic mass is 31.2. The summed E-state index contributed by atoms with van der Waals surface area (Å²) in [5, 5.41) is 10.6. The summed E-state index contributed by atoms with van der Waals surface area (Å²) in [5.41, 5.74) is 0. The summed E-state index contributed by atoms with van der Waals surface area (Å²) >= 11 is 0. The summed E-state index contributed by atoms with van der Waals surface area (Å²) in [6.07, 6.45) is 76.8. The van der Waals surface area contributed by atoms with Crippen LogP contribution in [0.1, 0.15) is 336 Å². The molecule has 0 fully saturated rings. The van der Waals surface area contributed by atoms with E-state index in [-0.39, 0.29) is 25.7 Å². The molecule has 3 N–H and O–H groups in total. The first-order chi connectivity index (χ1) is 48.7. The Labute approximate surface area is 607 Å². The lowest BCUT2D eigenvalue weighted by Crippen LogP contribution is -2.30. The molecular formula is C81H142O17P2. The van der Waals surface area contributed by atoms with Crippen molar-refractivity contribution in [2.24, 2.45) is 0 Å². The Kier molecular flexibility index (Phi) is 70.4. The van der Waals surface area contributed by atoms with Crippen molar-refractivity contribution in [3.63, 3.8) is 0 Å². The summed E-state index contributed by atoms with van der Waals surface area (Å²) in [4.78, 5) is 72.9. The summed E-state index contributed by atoms with van der Waals surface area (Å²) in [6, 6.07) is 0. The first kappa shape index (κ1) is 96.0. The van der Waals surface area contributed by atoms with Gasteiger partial charge in [-0.15, -0.1) is 0 Å². The number of hydrogen-bond donors (Lipinski definition) is 3. The third kappa shape index (κ3) is 72.3. The fourth-order valence-electron chi connectivity index (χ4n) is 10.4. The summed E-state index contributed by atoms with van der Waals surface area (Å²) in [7, 11) is -9.97. The average Bonchev–Trinajstić information content (AvgIpc) is 1.06. The maximum atomic E-state index is 13.1. The van der Waals surface area contributed by atoms with Crippen LogP contribution in [0.5, 0.6) is 0 Å². The lowest BCUT2D eigenvalue weighted by molar-refractivity contribution is -0.161. The van der Waals surface area contributed by atoms with E-state index in [1.165, 1.54) is 109 Å². The summed E-state index contributed by atoms with van der Waals surface area (Å²) < 4.78 is 68.5. The number of phosphoric ester groups is 2. The highest BCUT2D eigenvalue weighted by molar-refractivity contribution is 7.47. The Hall–Kier alpha value is -4.02. The van der Waals surface area contributed by atoms with Crippen molar-refractivity contribution in [1.82, 2.24) is 0 Å². The predicted octanol–water partition coefficient (Wildman–Crippen LogP) is 22.8. The fraction of sp³-hybridized carbons (Fsp3) is 0.753. The van der Waals surface area contributed by atoms with Crippen molar-refractivity contribution >= 4 is 39.5 Å². The standard InChI is InChI=1S/C81H142O17P2/c1-5-9-13-17-21-25-29-33-36-37-40-43-46-50-54-58-62-66-79(84)92-72-77(98-81(86)68-64-60-56-52-48-44-39-35-31-27-23-19-15-11-7-3)74-96-100(89,90)94-70-75(82)69-93-99(87,88)95-73-76(97-80(85)67-63-59-55-51-47-41-32-28-24-20-16-12-8-4)71-91-78(83)65-61-57-53-49-45-42-38-34-30-26-22-18-14-10-6-2/h21,25,27-28,31-36,38-40,43,50,54,75-77,82H,5-20,22-24,26,29-30,37,41-42,44-49,51-53,55-74H2,1-4H3,(H,87,88)(H,89,90)/b25-21-,31-27-,32-28-,36-33-,38-34-,39-35-,43-40-,54-50-/t75-,76+,77+/m0/s1. The van der Waals surface area contributed by atoms with Gasteiger partial charge in [-0.3, -0.25) is 37.3 Å². The molecule has 0 bridgehead atoms. The Morgan fingerprint density at radius 1 is 0.290 bits per heavy atom. The van der Waals surface area contributed by atoms with Gasteiger partial charge in [0.2, 0.25) is 0 Å². The van der Waals surface area contributed by atoms with Crippen LogP contribution in [0.2, 0.25) is 0 Å². The number of ether oxygens (including phenoxy) is 4. The SMILES string of the molecule is CCCCC/C=C\C/C=C\C/C=C\C/C=C\CCCC(=O)OC[C@H](COP(=O)(O)OC[C@@H](O)COP(=O)(O)OC[C@@H](COC(=O)CCCCCCC/C=C\CCCCCCCC)OC(=O)CCCCCCC/C=C\CCCCCC)OC(=O)CCCCCCC/C=C\C=C/CCCCCC. The van der Waals surface area contributed by atoms with Gasteiger partial charge >= 0.3 is 39.5 Å². The molecule has 19 heteroatoms. The molecule has 2 unspecified atom stereocenters. The molecule has 5 atom stereocenters. The van der Waals surface area contributed by atoms with E-state index in [1.54, 1.807) is 0 Å². The Morgan fingerprint density at radius 3 is 0.890 bits per heavy atom. The maximum absolute atomic E-state index is 13.1. The van der Waals surface area contributed by atoms with Gasteiger partial charge in [0.15, 0.2) is 12.2 Å². The maximum Gasteiger partial charge on any atom is 0.472 e. The van der Waals surface area contributed by atoms with Gasteiger partial charge in [0.1, 0.15) is 19.3 Å². The van der Waals surface area contributed by atoms with E-state index in [4.69, 9.17) is 37.0 Å². The number of carbonyl (C=O) groups excluding carboxylic acids is 4. The molecule has 0 aromatic rings. The van der Waals surface area contributed by atoms with Crippen LogP contribution in [-0.2, 0) is 65.4 Å². The van der Waals surface area contributed by atoms with Crippen LogP contribution in [0.3, 0.4) is 0 Å². The minimum atomic E-state index is -4.99. The van der Waals surface area contributed by atoms with Crippen molar-refractivity contribution in [3.8, 4) is 0 Å². The van der Waals surface area contributed by atoms with Crippen molar-refractivity contribution in [1.29, 1.82) is 0 Å². The van der Waals surface area contributed by atoms with Crippen molar-refractivity contribution < 1.29 is 80.2 Å². The number of carbonyl (C=O) groups is 4. The van der Waals surface area contributed by atoms with Gasteiger partial charge in [0, 0.05) is 25.7 Å². The Morgan fingerprint density at radius 2 is 0.530 bits per heavy atom. The largest absolute Gasteiger partial charge is 0.472 e. The van der Waals surface area contributed by atoms with Crippen LogP contribution in [0.15, 0.2) is 97.2 Å². The number of aliphatic hydroxyl groups excluding tert-OH is 1. The minimum Gasteiger partial charge on any atom is -0.462 e. The fourth-order valence-corrected chi connectivity index (χ4v) is 12.0. The Bertz CT molecular complexity index is 2270. The van der Waals surface area contributed by atoms with Crippen LogP contribution < -0.4 is 0 Å². The second-order valence-corrected chi connectivity index (χ2v) is 29.2. The molecule has 0 amide bonds. The molecule has 0 aliphatic heterocycles. The highest BCUT2D eigenvalue weighted by Gasteiger charge is 2.30. The van der Waals surface area contributed by atoms with Crippen molar-refractivity contribution in [3.05, 3.63) is 97.2 Å². The topological polar surface area (TPSA) is 237 Å². The number of esters is 4. The highest BCUT2D eigenvalue weighted by Crippen LogP contribution is 2.45. The van der Waals surface area contributed by atoms with E-state index in [1.807, 2.05) is 12.2 Å². The molecule has 0 aromatic carbocycles. The predicted molar refractivity (Wildman–Crippen MR) is 409 cm³/mol. The van der Waals surface area contributed by atoms with E-state index in [0.29, 0.717) is 32.1 Å². The third-order valence-electron chi connectivity index (χ3n) is 16.5. The third-order valence-corrected chi connectivity index (χ3v) is 18.4. The molecule has 0 spiro atoms. The van der Waals surface area contributed by atoms with E-state index >= 15 is 0 Å². The van der Waals surface area contributed by atoms with Crippen LogP contribution >= 0.6 is 15.6 Å². The number of rotatable bonds is 74. The van der Waals surface area contributed by atoms with Gasteiger partial charge in [-0.05, 0) is 141 Å². The minimum absolute atomic E-state index is 0.0655. The summed E-state index contributed by atoms with van der Waals surface area (Å²) in [6.45, 7) is 4.74. The van der Waals surface area contributed by atoms with Crippen LogP contribution in [-0.4, -0.2) is 96.7 Å². The normalized spacial score (nSPS) is 14.4. The smallest absolute Gasteiger partial charge is 0.462 e. The number of hydrogen-bond acceptors (Lipinski definition) is 15. The monoisotopic (exact) mass is 1450 g/mol. The van der Waals surface area contributed by atoms with Gasteiger partial charge in [-0.25, -0.2) is 9.13 Å². The zero-order chi connectivity index (χ0) is 73.2. The molecule has 17 nitrogen and oxygen atoms in total. The van der Waals surface area contributed by atoms with Crippen molar-refractivity contribution in [2.45, 2.75) is 354 Å². The molecule has 0 radical (unpaired) electrons. The van der Waals surface area contributed by atoms with E-state index in [9.17, 15) is 43.2 Å². The Balaban J connectivity index is 5.41. The lowest BCUT2D eigenvalue weighted by atomic mass is 10.1. The van der Waals surface area contributed by atoms with E-state index in [2.05, 4.69) is 113 Å². The number of unbranched alkanes of at least 4 members (excludes halogenated alkanes) is 33. The summed E-state index contributed by atoms with van der Waals surface area (Å²) in [5.74, 6) is -2.26. The van der Waals surface area contributed by atoms with Gasteiger partial charge in [-0.2, -0.15) is 0 Å². The van der Waals surface area contributed by atoms with Gasteiger partial charge in [0.25, 0.3) is 0 Å². The molecule has 0 saturated carbocycles. The molecule has 578 valence electrons. The number of phosphoric acid groups is 2. The molecule has 0 aromatic heterocycles. The van der Waals surface area contributed by atoms with Crippen molar-refractivity contribution in [2.75, 3.05) is 39.6 Å². The van der Waals surface area contributed by atoms with E-state index in [0.717, 1.165) is 141 Å². The number of allylic oxidation sites excluding steroid dienone is 16. The number of aliphatic hydroxyl groups is 1. The molecule has 0 saturated heterocycles. The molecule has 0 rings (SSSR count). The molecular weight excluding hydrogens is 1310 g/mol. The molecule has 100 heavy (non-hydrogen) atoms. The first-order valence-corrected chi connectivity index (χ1v) is 42.5. The molecule has 0 aliphatic rings. The first-order valence-electron chi connectivity index (χ1n) is 39.5. The van der Waals surface area contributed by atoms with Crippen LogP contribution in [0.4, 0.5) is 0 Å². The van der Waals surface area contributed by atoms with Gasteiger partial charge in [0.05, 0.1) is 26.4 Å². The van der Waals surface area contributed by atoms with Crippen LogP contribution in [0.25, 0.3) is 0 Å². The second-order valence-electron chi connectivity index (χ2n) is 26.3. The molecule has 0 heterocycles. The van der Waals surface area contributed by atoms with E-state index < -0.39 is 97.5 Å². The zero-order valence-corrected chi connectivity index (χ0v) is 64.9. The van der Waals surface area contributed by atoms with Gasteiger partial charge in [-0.1, -0.05) is 266 Å². The van der Waals surface area contributed by atoms with Crippen LogP contribution in [0, 0.1) is 0 Å². The average molecular weight is 1450 g/mol. The zero-order valence-electron chi connectivity index (χ0n) is 63.1. The van der Waals surface area contributed by atoms with Gasteiger partial charge < -0.3 is 33.8 Å². The quantitative estimate of drug-likeness (QED) is 0.0128. The molecule has 0 aliphatic carbocycles. The second kappa shape index (κ2) is 73.3.